The van der Waals surface area contributed by atoms with Gasteiger partial charge in [0.15, 0.2) is 0 Å². The minimum atomic E-state index is -0.347. The zero-order valence-corrected chi connectivity index (χ0v) is 16.8. The smallest absolute Gasteiger partial charge is 0.322 e. The fourth-order valence-corrected chi connectivity index (χ4v) is 3.54. The number of nitrogens with zero attached hydrogens (tertiary/aromatic N) is 2. The minimum absolute atomic E-state index is 0.0383. The zero-order chi connectivity index (χ0) is 20.8. The molecule has 0 spiro atoms. The number of hydrogen-bond donors (Lipinski definition) is 2. The number of likely N-dealkylation sites (tertiary alicyclic amines) is 2. The molecular weight excluding hydrogens is 376 g/mol. The molecule has 4 amide bonds. The Hall–Kier alpha value is -2.81. The third-order valence-electron chi connectivity index (χ3n) is 5.15. The molecule has 1 aromatic rings. The molecule has 0 aliphatic carbocycles. The molecule has 158 valence electrons. The average Bonchev–Trinajstić information content (AvgIpc) is 3.04. The first-order chi connectivity index (χ1) is 14.0. The summed E-state index contributed by atoms with van der Waals surface area (Å²) in [7, 11) is 1.57. The van der Waals surface area contributed by atoms with Crippen molar-refractivity contribution in [3.8, 4) is 5.75 Å². The van der Waals surface area contributed by atoms with E-state index in [0.717, 1.165) is 0 Å². The van der Waals surface area contributed by atoms with E-state index in [2.05, 4.69) is 10.6 Å². The molecule has 1 unspecified atom stereocenters. The molecule has 2 saturated heterocycles. The fraction of sp³-hybridized carbons (Fsp3) is 0.550. The number of methoxy groups -OCH3 is 1. The molecule has 2 aliphatic heterocycles. The van der Waals surface area contributed by atoms with Crippen LogP contribution in [0.5, 0.6) is 5.75 Å². The number of nitrogens with one attached hydrogen (secondary N) is 2. The van der Waals surface area contributed by atoms with Gasteiger partial charge in [0.05, 0.1) is 30.9 Å². The van der Waals surface area contributed by atoms with Gasteiger partial charge in [-0.1, -0.05) is 12.1 Å². The van der Waals surface area contributed by atoms with Crippen LogP contribution in [0.3, 0.4) is 0 Å². The lowest BCUT2D eigenvalue weighted by Gasteiger charge is -2.43. The number of ether oxygens (including phenoxy) is 2. The summed E-state index contributed by atoms with van der Waals surface area (Å²) in [4.78, 5) is 40.4. The van der Waals surface area contributed by atoms with Crippen LogP contribution in [0.4, 0.5) is 10.5 Å². The summed E-state index contributed by atoms with van der Waals surface area (Å²) >= 11 is 0. The molecule has 1 aromatic carbocycles. The Kier molecular flexibility index (Phi) is 6.92. The van der Waals surface area contributed by atoms with Gasteiger partial charge in [0.2, 0.25) is 11.8 Å². The topological polar surface area (TPSA) is 100 Å². The third kappa shape index (κ3) is 4.97. The lowest BCUT2D eigenvalue weighted by molar-refractivity contribution is -0.132. The van der Waals surface area contributed by atoms with Gasteiger partial charge in [-0.2, -0.15) is 0 Å². The van der Waals surface area contributed by atoms with Gasteiger partial charge in [-0.3, -0.25) is 9.59 Å². The van der Waals surface area contributed by atoms with E-state index < -0.39 is 0 Å². The van der Waals surface area contributed by atoms with Crippen molar-refractivity contribution in [2.45, 2.75) is 19.4 Å². The molecule has 3 rings (SSSR count). The second-order valence-electron chi connectivity index (χ2n) is 7.15. The molecule has 0 radical (unpaired) electrons. The van der Waals surface area contributed by atoms with Gasteiger partial charge in [-0.25, -0.2) is 4.79 Å². The van der Waals surface area contributed by atoms with E-state index in [0.29, 0.717) is 50.8 Å². The van der Waals surface area contributed by atoms with Gasteiger partial charge in [0.1, 0.15) is 5.75 Å². The van der Waals surface area contributed by atoms with Crippen molar-refractivity contribution < 1.29 is 23.9 Å². The Labute approximate surface area is 170 Å². The molecule has 1 atom stereocenters. The van der Waals surface area contributed by atoms with E-state index in [-0.39, 0.29) is 36.2 Å². The SMILES string of the molecule is CCOc1ccccc1NC(=O)N1CC(N2CC(C(=O)NCCOC)CC2=O)C1. The van der Waals surface area contributed by atoms with Crippen molar-refractivity contribution in [1.82, 2.24) is 15.1 Å². The van der Waals surface area contributed by atoms with Crippen LogP contribution >= 0.6 is 0 Å². The minimum Gasteiger partial charge on any atom is -0.492 e. The van der Waals surface area contributed by atoms with E-state index in [1.165, 1.54) is 0 Å². The van der Waals surface area contributed by atoms with E-state index in [9.17, 15) is 14.4 Å². The maximum absolute atomic E-state index is 12.5. The fourth-order valence-electron chi connectivity index (χ4n) is 3.54. The van der Waals surface area contributed by atoms with Crippen molar-refractivity contribution in [2.75, 3.05) is 51.8 Å². The molecule has 9 nitrogen and oxygen atoms in total. The highest BCUT2D eigenvalue weighted by Gasteiger charge is 2.43. The summed E-state index contributed by atoms with van der Waals surface area (Å²) in [6.07, 6.45) is 0.212. The first-order valence-electron chi connectivity index (χ1n) is 9.87. The van der Waals surface area contributed by atoms with Gasteiger partial charge < -0.3 is 29.9 Å². The predicted octanol–water partition coefficient (Wildman–Crippen LogP) is 0.913. The largest absolute Gasteiger partial charge is 0.492 e. The molecular formula is C20H28N4O5. The lowest BCUT2D eigenvalue weighted by Crippen LogP contribution is -2.62. The Morgan fingerprint density at radius 1 is 1.21 bits per heavy atom. The zero-order valence-electron chi connectivity index (χ0n) is 16.8. The van der Waals surface area contributed by atoms with Crippen LogP contribution < -0.4 is 15.4 Å². The van der Waals surface area contributed by atoms with E-state index >= 15 is 0 Å². The monoisotopic (exact) mass is 404 g/mol. The van der Waals surface area contributed by atoms with Crippen LogP contribution in [0.1, 0.15) is 13.3 Å². The number of carbonyl (C=O) groups excluding carboxylic acids is 3. The number of urea groups is 1. The number of anilines is 1. The van der Waals surface area contributed by atoms with Crippen LogP contribution in [0.2, 0.25) is 0 Å². The van der Waals surface area contributed by atoms with Gasteiger partial charge in [-0.15, -0.1) is 0 Å². The highest BCUT2D eigenvalue weighted by atomic mass is 16.5. The van der Waals surface area contributed by atoms with Crippen molar-refractivity contribution in [2.24, 2.45) is 5.92 Å². The molecule has 29 heavy (non-hydrogen) atoms. The molecule has 2 fully saturated rings. The van der Waals surface area contributed by atoms with Crippen LogP contribution in [0.25, 0.3) is 0 Å². The summed E-state index contributed by atoms with van der Waals surface area (Å²) in [5.41, 5.74) is 0.618. The standard InChI is InChI=1S/C20H28N4O5/c1-3-29-17-7-5-4-6-16(17)22-20(27)23-12-15(13-23)24-11-14(10-18(24)25)19(26)21-8-9-28-2/h4-7,14-15H,3,8-13H2,1-2H3,(H,21,26)(H,22,27). The number of para-hydroxylation sites is 2. The van der Waals surface area contributed by atoms with Crippen LogP contribution in [-0.2, 0) is 14.3 Å². The molecule has 0 bridgehead atoms. The molecule has 2 aliphatic rings. The van der Waals surface area contributed by atoms with Crippen molar-refractivity contribution in [3.05, 3.63) is 24.3 Å². The number of hydrogen-bond acceptors (Lipinski definition) is 5. The summed E-state index contributed by atoms with van der Waals surface area (Å²) in [5, 5.41) is 5.64. The summed E-state index contributed by atoms with van der Waals surface area (Å²) in [5.74, 6) is 0.112. The third-order valence-corrected chi connectivity index (χ3v) is 5.15. The number of carbonyl (C=O) groups is 3. The van der Waals surface area contributed by atoms with E-state index in [1.807, 2.05) is 19.1 Å². The van der Waals surface area contributed by atoms with Crippen LogP contribution in [-0.4, -0.2) is 80.2 Å². The van der Waals surface area contributed by atoms with Gasteiger partial charge in [0.25, 0.3) is 0 Å². The second kappa shape index (κ2) is 9.60. The normalized spacial score (nSPS) is 19.1. The number of amides is 4. The van der Waals surface area contributed by atoms with E-state index in [4.69, 9.17) is 9.47 Å². The first-order valence-corrected chi connectivity index (χ1v) is 9.87. The van der Waals surface area contributed by atoms with Crippen LogP contribution in [0, 0.1) is 5.92 Å². The Bertz CT molecular complexity index is 750. The van der Waals surface area contributed by atoms with Gasteiger partial charge >= 0.3 is 6.03 Å². The highest BCUT2D eigenvalue weighted by Crippen LogP contribution is 2.27. The van der Waals surface area contributed by atoms with Crippen LogP contribution in [0.15, 0.2) is 24.3 Å². The highest BCUT2D eigenvalue weighted by molar-refractivity contribution is 5.92. The van der Waals surface area contributed by atoms with Crippen molar-refractivity contribution in [1.29, 1.82) is 0 Å². The van der Waals surface area contributed by atoms with E-state index in [1.54, 1.807) is 29.0 Å². The second-order valence-corrected chi connectivity index (χ2v) is 7.15. The van der Waals surface area contributed by atoms with Crippen molar-refractivity contribution in [3.63, 3.8) is 0 Å². The summed E-state index contributed by atoms with van der Waals surface area (Å²) in [6, 6.07) is 7.00. The maximum Gasteiger partial charge on any atom is 0.322 e. The molecule has 2 N–H and O–H groups in total. The number of benzene rings is 1. The Morgan fingerprint density at radius 2 is 1.97 bits per heavy atom. The van der Waals surface area contributed by atoms with Gasteiger partial charge in [-0.05, 0) is 19.1 Å². The summed E-state index contributed by atoms with van der Waals surface area (Å²) in [6.45, 7) is 4.56. The Balaban J connectivity index is 1.47. The molecule has 2 heterocycles. The molecule has 0 saturated carbocycles. The molecule has 0 aromatic heterocycles. The number of rotatable bonds is 8. The predicted molar refractivity (Wildman–Crippen MR) is 107 cm³/mol. The summed E-state index contributed by atoms with van der Waals surface area (Å²) < 4.78 is 10.4. The Morgan fingerprint density at radius 3 is 2.69 bits per heavy atom. The van der Waals surface area contributed by atoms with Crippen molar-refractivity contribution >= 4 is 23.5 Å². The average molecular weight is 404 g/mol. The maximum atomic E-state index is 12.5. The quantitative estimate of drug-likeness (QED) is 0.628. The van der Waals surface area contributed by atoms with Gasteiger partial charge in [0, 0.05) is 39.7 Å². The molecule has 9 heteroatoms. The first kappa shape index (κ1) is 20.9. The lowest BCUT2D eigenvalue weighted by atomic mass is 10.1.